The molecular formula is C8H11N3O2S. The molecule has 0 bridgehead atoms. The highest BCUT2D eigenvalue weighted by molar-refractivity contribution is 7.87. The van der Waals surface area contributed by atoms with Crippen LogP contribution in [0.1, 0.15) is 5.56 Å². The molecular weight excluding hydrogens is 202 g/mol. The quantitative estimate of drug-likeness (QED) is 0.700. The first-order valence-corrected chi connectivity index (χ1v) is 5.76. The Bertz CT molecular complexity index is 400. The summed E-state index contributed by atoms with van der Waals surface area (Å²) in [6, 6.07) is 3.61. The minimum Gasteiger partial charge on any atom is -0.264 e. The molecule has 0 saturated carbocycles. The van der Waals surface area contributed by atoms with Crippen molar-refractivity contribution in [3.05, 3.63) is 30.1 Å². The highest BCUT2D eigenvalue weighted by Gasteiger charge is 2.31. The monoisotopic (exact) mass is 213 g/mol. The average molecular weight is 213 g/mol. The fourth-order valence-corrected chi connectivity index (χ4v) is 2.14. The molecule has 1 fully saturated rings. The second kappa shape index (κ2) is 3.64. The van der Waals surface area contributed by atoms with E-state index in [1.54, 1.807) is 18.5 Å². The SMILES string of the molecule is O=S(=O)(NCc1cccnc1)N1CC1. The van der Waals surface area contributed by atoms with Crippen molar-refractivity contribution < 1.29 is 8.42 Å². The van der Waals surface area contributed by atoms with E-state index in [2.05, 4.69) is 9.71 Å². The molecule has 0 radical (unpaired) electrons. The van der Waals surface area contributed by atoms with Crippen LogP contribution in [-0.4, -0.2) is 30.8 Å². The van der Waals surface area contributed by atoms with Gasteiger partial charge in [-0.25, -0.2) is 0 Å². The van der Waals surface area contributed by atoms with Crippen molar-refractivity contribution in [1.29, 1.82) is 0 Å². The Morgan fingerprint density at radius 1 is 1.50 bits per heavy atom. The number of aromatic nitrogens is 1. The van der Waals surface area contributed by atoms with Gasteiger partial charge < -0.3 is 0 Å². The van der Waals surface area contributed by atoms with Crippen LogP contribution >= 0.6 is 0 Å². The van der Waals surface area contributed by atoms with Gasteiger partial charge in [-0.05, 0) is 11.6 Å². The van der Waals surface area contributed by atoms with Crippen molar-refractivity contribution in [3.63, 3.8) is 0 Å². The van der Waals surface area contributed by atoms with Crippen molar-refractivity contribution in [2.45, 2.75) is 6.54 Å². The van der Waals surface area contributed by atoms with Crippen LogP contribution in [0.3, 0.4) is 0 Å². The highest BCUT2D eigenvalue weighted by Crippen LogP contribution is 2.09. The van der Waals surface area contributed by atoms with Crippen molar-refractivity contribution >= 4 is 10.2 Å². The third kappa shape index (κ3) is 2.28. The molecule has 5 nitrogen and oxygen atoms in total. The van der Waals surface area contributed by atoms with Crippen LogP contribution in [0.15, 0.2) is 24.5 Å². The van der Waals surface area contributed by atoms with E-state index in [0.29, 0.717) is 19.6 Å². The third-order valence-electron chi connectivity index (χ3n) is 1.93. The van der Waals surface area contributed by atoms with Crippen molar-refractivity contribution in [2.24, 2.45) is 0 Å². The predicted molar refractivity (Wildman–Crippen MR) is 51.6 cm³/mol. The summed E-state index contributed by atoms with van der Waals surface area (Å²) in [6.45, 7) is 1.55. The molecule has 1 aromatic rings. The standard InChI is InChI=1S/C8H11N3O2S/c12-14(13,11-4-5-11)10-7-8-2-1-3-9-6-8/h1-3,6,10H,4-5,7H2. The Balaban J connectivity index is 1.94. The van der Waals surface area contributed by atoms with E-state index in [1.165, 1.54) is 4.31 Å². The molecule has 0 aliphatic carbocycles. The third-order valence-corrected chi connectivity index (χ3v) is 3.48. The highest BCUT2D eigenvalue weighted by atomic mass is 32.2. The van der Waals surface area contributed by atoms with E-state index in [1.807, 2.05) is 6.07 Å². The predicted octanol–water partition coefficient (Wildman–Crippen LogP) is -0.268. The molecule has 2 rings (SSSR count). The van der Waals surface area contributed by atoms with E-state index in [4.69, 9.17) is 0 Å². The zero-order chi connectivity index (χ0) is 10.0. The number of hydrogen-bond acceptors (Lipinski definition) is 3. The first-order valence-electron chi connectivity index (χ1n) is 4.32. The lowest BCUT2D eigenvalue weighted by atomic mass is 10.3. The van der Waals surface area contributed by atoms with Crippen LogP contribution in [-0.2, 0) is 16.8 Å². The maximum atomic E-state index is 11.4. The molecule has 0 spiro atoms. The fraction of sp³-hybridized carbons (Fsp3) is 0.375. The van der Waals surface area contributed by atoms with E-state index in [0.717, 1.165) is 5.56 Å². The fourth-order valence-electron chi connectivity index (χ4n) is 1.05. The molecule has 0 aromatic carbocycles. The summed E-state index contributed by atoms with van der Waals surface area (Å²) in [5, 5.41) is 0. The molecule has 6 heteroatoms. The summed E-state index contributed by atoms with van der Waals surface area (Å²) in [4.78, 5) is 3.90. The Hall–Kier alpha value is -0.980. The summed E-state index contributed by atoms with van der Waals surface area (Å²) in [7, 11) is -3.23. The van der Waals surface area contributed by atoms with Gasteiger partial charge in [-0.15, -0.1) is 0 Å². The largest absolute Gasteiger partial charge is 0.279 e. The first-order chi connectivity index (χ1) is 6.68. The first kappa shape index (κ1) is 9.57. The van der Waals surface area contributed by atoms with Gasteiger partial charge in [0.25, 0.3) is 10.2 Å². The number of hydrogen-bond donors (Lipinski definition) is 1. The van der Waals surface area contributed by atoms with Crippen molar-refractivity contribution in [2.75, 3.05) is 13.1 Å². The lowest BCUT2D eigenvalue weighted by Crippen LogP contribution is -2.29. The number of rotatable bonds is 4. The van der Waals surface area contributed by atoms with Crippen LogP contribution < -0.4 is 4.72 Å². The molecule has 1 aliphatic rings. The Morgan fingerprint density at radius 2 is 2.29 bits per heavy atom. The number of nitrogens with one attached hydrogen (secondary N) is 1. The maximum absolute atomic E-state index is 11.4. The van der Waals surface area contributed by atoms with Crippen LogP contribution in [0.5, 0.6) is 0 Å². The molecule has 0 unspecified atom stereocenters. The maximum Gasteiger partial charge on any atom is 0.279 e. The van der Waals surface area contributed by atoms with Gasteiger partial charge in [0.1, 0.15) is 0 Å². The number of nitrogens with zero attached hydrogens (tertiary/aromatic N) is 2. The summed E-state index contributed by atoms with van der Waals surface area (Å²) in [5.41, 5.74) is 0.859. The van der Waals surface area contributed by atoms with Gasteiger partial charge in [-0.3, -0.25) is 4.98 Å². The van der Waals surface area contributed by atoms with E-state index in [-0.39, 0.29) is 0 Å². The molecule has 0 amide bonds. The lowest BCUT2D eigenvalue weighted by Gasteiger charge is -2.05. The van der Waals surface area contributed by atoms with Gasteiger partial charge in [-0.1, -0.05) is 6.07 Å². The molecule has 1 saturated heterocycles. The van der Waals surface area contributed by atoms with Crippen molar-refractivity contribution in [3.8, 4) is 0 Å². The van der Waals surface area contributed by atoms with E-state index >= 15 is 0 Å². The van der Waals surface area contributed by atoms with Crippen LogP contribution in [0.2, 0.25) is 0 Å². The Labute approximate surface area is 82.9 Å². The zero-order valence-corrected chi connectivity index (χ0v) is 8.37. The number of pyridine rings is 1. The van der Waals surface area contributed by atoms with E-state index in [9.17, 15) is 8.42 Å². The van der Waals surface area contributed by atoms with Crippen LogP contribution in [0.4, 0.5) is 0 Å². The molecule has 76 valence electrons. The Kier molecular flexibility index (Phi) is 2.49. The molecule has 2 heterocycles. The van der Waals surface area contributed by atoms with Gasteiger partial charge in [0.15, 0.2) is 0 Å². The molecule has 0 atom stereocenters. The summed E-state index contributed by atoms with van der Waals surface area (Å²) < 4.78 is 26.6. The lowest BCUT2D eigenvalue weighted by molar-refractivity contribution is 0.546. The minimum atomic E-state index is -3.23. The Morgan fingerprint density at radius 3 is 2.86 bits per heavy atom. The molecule has 1 N–H and O–H groups in total. The van der Waals surface area contributed by atoms with Gasteiger partial charge in [-0.2, -0.15) is 17.4 Å². The summed E-state index contributed by atoms with van der Waals surface area (Å²) in [6.07, 6.45) is 3.30. The summed E-state index contributed by atoms with van der Waals surface area (Å²) >= 11 is 0. The van der Waals surface area contributed by atoms with Gasteiger partial charge in [0.2, 0.25) is 0 Å². The van der Waals surface area contributed by atoms with Crippen molar-refractivity contribution in [1.82, 2.24) is 14.0 Å². The molecule has 14 heavy (non-hydrogen) atoms. The molecule has 1 aliphatic heterocycles. The average Bonchev–Trinajstić information content (AvgIpc) is 3.00. The van der Waals surface area contributed by atoms with Crippen LogP contribution in [0, 0.1) is 0 Å². The topological polar surface area (TPSA) is 62.1 Å². The molecule has 1 aromatic heterocycles. The van der Waals surface area contributed by atoms with E-state index < -0.39 is 10.2 Å². The normalized spacial score (nSPS) is 16.9. The van der Waals surface area contributed by atoms with Crippen LogP contribution in [0.25, 0.3) is 0 Å². The van der Waals surface area contributed by atoms with Gasteiger partial charge in [0.05, 0.1) is 0 Å². The zero-order valence-electron chi connectivity index (χ0n) is 7.55. The minimum absolute atomic E-state index is 0.298. The smallest absolute Gasteiger partial charge is 0.264 e. The second-order valence-electron chi connectivity index (χ2n) is 3.09. The summed E-state index contributed by atoms with van der Waals surface area (Å²) in [5.74, 6) is 0. The van der Waals surface area contributed by atoms with Gasteiger partial charge in [0, 0.05) is 32.0 Å². The van der Waals surface area contributed by atoms with Gasteiger partial charge >= 0.3 is 0 Å². The second-order valence-corrected chi connectivity index (χ2v) is 4.84.